The Bertz CT molecular complexity index is 1940. The SMILES string of the molecule is C=CC(=O)Nc1cccc(S(=O)(=O)c2ccc(N3CC(F)(CN4CCC([C@@](C#N)(c5cccc(F)c5)[C@H]5CCC[C@@H]5NC(=O)O)CC4)C3)cc2)c1. The summed E-state index contributed by atoms with van der Waals surface area (Å²) in [4.78, 5) is 27.3. The van der Waals surface area contributed by atoms with Crippen LogP contribution in [0.2, 0.25) is 0 Å². The Morgan fingerprint density at radius 1 is 1.02 bits per heavy atom. The fourth-order valence-electron chi connectivity index (χ4n) is 8.35. The van der Waals surface area contributed by atoms with Crippen molar-refractivity contribution in [3.63, 3.8) is 0 Å². The summed E-state index contributed by atoms with van der Waals surface area (Å²) in [5, 5.41) is 25.5. The number of nitrogens with zero attached hydrogens (tertiary/aromatic N) is 3. The van der Waals surface area contributed by atoms with Crippen molar-refractivity contribution in [1.82, 2.24) is 10.2 Å². The number of carboxylic acid groups (broad SMARTS) is 1. The van der Waals surface area contributed by atoms with Gasteiger partial charge in [0.1, 0.15) is 5.82 Å². The molecule has 2 saturated heterocycles. The quantitative estimate of drug-likeness (QED) is 0.208. The molecule has 6 rings (SSSR count). The van der Waals surface area contributed by atoms with Crippen molar-refractivity contribution in [3.05, 3.63) is 96.8 Å². The van der Waals surface area contributed by atoms with Crippen molar-refractivity contribution >= 4 is 33.2 Å². The average molecular weight is 718 g/mol. The van der Waals surface area contributed by atoms with Gasteiger partial charge in [-0.2, -0.15) is 5.26 Å². The van der Waals surface area contributed by atoms with Gasteiger partial charge >= 0.3 is 6.09 Å². The van der Waals surface area contributed by atoms with Crippen molar-refractivity contribution in [2.45, 2.75) is 59.0 Å². The van der Waals surface area contributed by atoms with E-state index in [-0.39, 0.29) is 41.3 Å². The third-order valence-corrected chi connectivity index (χ3v) is 12.5. The largest absolute Gasteiger partial charge is 0.465 e. The molecule has 3 fully saturated rings. The van der Waals surface area contributed by atoms with E-state index in [0.29, 0.717) is 55.7 Å². The van der Waals surface area contributed by atoms with Crippen LogP contribution >= 0.6 is 0 Å². The first-order valence-corrected chi connectivity index (χ1v) is 18.6. The minimum Gasteiger partial charge on any atom is -0.465 e. The highest BCUT2D eigenvalue weighted by Crippen LogP contribution is 2.50. The van der Waals surface area contributed by atoms with Crippen LogP contribution in [0.5, 0.6) is 0 Å². The fourth-order valence-corrected chi connectivity index (χ4v) is 9.65. The molecule has 2 amide bonds. The molecule has 268 valence electrons. The average Bonchev–Trinajstić information content (AvgIpc) is 3.56. The van der Waals surface area contributed by atoms with Gasteiger partial charge in [0.05, 0.1) is 34.4 Å². The van der Waals surface area contributed by atoms with Gasteiger partial charge in [0.2, 0.25) is 15.7 Å². The number of carbonyl (C=O) groups excluding carboxylic acids is 1. The van der Waals surface area contributed by atoms with E-state index in [1.165, 1.54) is 36.4 Å². The smallest absolute Gasteiger partial charge is 0.404 e. The molecule has 0 unspecified atom stereocenters. The van der Waals surface area contributed by atoms with Crippen LogP contribution in [0.15, 0.2) is 95.2 Å². The summed E-state index contributed by atoms with van der Waals surface area (Å²) in [7, 11) is -3.87. The molecule has 1 aliphatic carbocycles. The zero-order chi connectivity index (χ0) is 36.4. The van der Waals surface area contributed by atoms with Gasteiger partial charge in [-0.25, -0.2) is 22.0 Å². The monoisotopic (exact) mass is 717 g/mol. The van der Waals surface area contributed by atoms with Gasteiger partial charge in [-0.3, -0.25) is 9.69 Å². The van der Waals surface area contributed by atoms with Crippen LogP contribution in [0, 0.1) is 29.0 Å². The van der Waals surface area contributed by atoms with Gasteiger partial charge in [0, 0.05) is 29.9 Å². The number of benzene rings is 3. The number of hydrogen-bond acceptors (Lipinski definition) is 7. The summed E-state index contributed by atoms with van der Waals surface area (Å²) < 4.78 is 57.1. The number of halogens is 2. The van der Waals surface area contributed by atoms with Gasteiger partial charge in [-0.1, -0.05) is 31.2 Å². The molecule has 13 heteroatoms. The molecule has 1 saturated carbocycles. The minimum atomic E-state index is -3.87. The lowest BCUT2D eigenvalue weighted by Crippen LogP contribution is -2.64. The summed E-state index contributed by atoms with van der Waals surface area (Å²) in [5.41, 5.74) is -0.989. The maximum absolute atomic E-state index is 16.0. The number of nitrogens with one attached hydrogen (secondary N) is 2. The molecule has 0 spiro atoms. The van der Waals surface area contributed by atoms with Crippen molar-refractivity contribution in [1.29, 1.82) is 5.26 Å². The van der Waals surface area contributed by atoms with Crippen LogP contribution in [-0.2, 0) is 20.0 Å². The molecule has 2 aliphatic heterocycles. The number of piperidine rings is 1. The van der Waals surface area contributed by atoms with Gasteiger partial charge in [0.25, 0.3) is 0 Å². The van der Waals surface area contributed by atoms with E-state index in [1.807, 2.05) is 4.90 Å². The molecule has 51 heavy (non-hydrogen) atoms. The number of rotatable bonds is 11. The Hall–Kier alpha value is -4.80. The number of nitriles is 1. The van der Waals surface area contributed by atoms with E-state index in [9.17, 15) is 32.8 Å². The number of amides is 2. The molecule has 0 bridgehead atoms. The number of anilines is 2. The molecule has 10 nitrogen and oxygen atoms in total. The lowest BCUT2D eigenvalue weighted by molar-refractivity contribution is -0.111. The fraction of sp³-hybridized carbons (Fsp3) is 0.395. The van der Waals surface area contributed by atoms with E-state index in [0.717, 1.165) is 12.5 Å². The lowest BCUT2D eigenvalue weighted by atomic mass is 9.59. The number of carbonyl (C=O) groups is 2. The van der Waals surface area contributed by atoms with Crippen LogP contribution in [0.25, 0.3) is 0 Å². The first-order chi connectivity index (χ1) is 24.4. The first kappa shape index (κ1) is 36.0. The topological polar surface area (TPSA) is 143 Å². The molecule has 2 heterocycles. The predicted molar refractivity (Wildman–Crippen MR) is 188 cm³/mol. The van der Waals surface area contributed by atoms with Gasteiger partial charge in [-0.05, 0) is 111 Å². The van der Waals surface area contributed by atoms with Crippen LogP contribution in [0.1, 0.15) is 37.7 Å². The molecule has 3 N–H and O–H groups in total. The number of hydrogen-bond donors (Lipinski definition) is 3. The Morgan fingerprint density at radius 3 is 2.37 bits per heavy atom. The Morgan fingerprint density at radius 2 is 1.73 bits per heavy atom. The summed E-state index contributed by atoms with van der Waals surface area (Å²) >= 11 is 0. The molecular formula is C38H41F2N5O5S. The minimum absolute atomic E-state index is 0.0236. The second kappa shape index (κ2) is 14.4. The Kier molecular flexibility index (Phi) is 10.2. The van der Waals surface area contributed by atoms with Crippen molar-refractivity contribution in [3.8, 4) is 6.07 Å². The van der Waals surface area contributed by atoms with Crippen LogP contribution < -0.4 is 15.5 Å². The van der Waals surface area contributed by atoms with E-state index in [2.05, 4.69) is 28.2 Å². The van der Waals surface area contributed by atoms with Crippen molar-refractivity contribution in [2.24, 2.45) is 11.8 Å². The number of likely N-dealkylation sites (tertiary alicyclic amines) is 1. The number of alkyl halides is 1. The highest BCUT2D eigenvalue weighted by Gasteiger charge is 2.53. The summed E-state index contributed by atoms with van der Waals surface area (Å²) in [5.74, 6) is -1.39. The van der Waals surface area contributed by atoms with Gasteiger partial charge < -0.3 is 20.6 Å². The van der Waals surface area contributed by atoms with Crippen molar-refractivity contribution < 1.29 is 31.9 Å². The molecular weight excluding hydrogens is 677 g/mol. The normalized spacial score (nSPS) is 21.9. The molecule has 3 aromatic carbocycles. The maximum Gasteiger partial charge on any atom is 0.404 e. The first-order valence-electron chi connectivity index (χ1n) is 17.1. The molecule has 3 atom stereocenters. The standard InChI is InChI=1S/C38H41F2N5O5S/c1-2-35(46)42-29-8-4-9-32(21-29)51(49,50)31-14-12-30(13-15-31)45-24-37(40,25-45)23-44-18-16-26(17-19-44)38(22-41,27-6-3-7-28(39)20-27)33-10-5-11-34(33)43-36(47)48/h2-4,6-9,12-15,20-21,26,33-34,43H,1,5,10-11,16-19,23-25H2,(H,42,46)(H,47,48)/t33-,34-,38-/m0/s1. The zero-order valence-corrected chi connectivity index (χ0v) is 28.9. The summed E-state index contributed by atoms with van der Waals surface area (Å²) in [6.07, 6.45) is 3.14. The summed E-state index contributed by atoms with van der Waals surface area (Å²) in [6, 6.07) is 20.5. The van der Waals surface area contributed by atoms with Crippen LogP contribution in [-0.4, -0.2) is 74.9 Å². The van der Waals surface area contributed by atoms with Crippen LogP contribution in [0.3, 0.4) is 0 Å². The Balaban J connectivity index is 1.09. The Labute approximate surface area is 296 Å². The van der Waals surface area contributed by atoms with Crippen LogP contribution in [0.4, 0.5) is 25.0 Å². The molecule has 3 aliphatic rings. The van der Waals surface area contributed by atoms with E-state index in [1.54, 1.807) is 36.4 Å². The lowest BCUT2D eigenvalue weighted by Gasteiger charge is -2.50. The van der Waals surface area contributed by atoms with E-state index >= 15 is 4.39 Å². The summed E-state index contributed by atoms with van der Waals surface area (Å²) in [6.45, 7) is 4.97. The molecule has 0 radical (unpaired) electrons. The van der Waals surface area contributed by atoms with E-state index < -0.39 is 44.8 Å². The molecule has 3 aromatic rings. The van der Waals surface area contributed by atoms with E-state index in [4.69, 9.17) is 0 Å². The van der Waals surface area contributed by atoms with Crippen molar-refractivity contribution in [2.75, 3.05) is 42.9 Å². The molecule has 0 aromatic heterocycles. The zero-order valence-electron chi connectivity index (χ0n) is 28.1. The number of sulfone groups is 1. The predicted octanol–water partition coefficient (Wildman–Crippen LogP) is 5.92. The third-order valence-electron chi connectivity index (χ3n) is 10.7. The second-order valence-electron chi connectivity index (χ2n) is 13.9. The highest BCUT2D eigenvalue weighted by molar-refractivity contribution is 7.91. The maximum atomic E-state index is 16.0. The van der Waals surface area contributed by atoms with Gasteiger partial charge in [-0.15, -0.1) is 0 Å². The highest BCUT2D eigenvalue weighted by atomic mass is 32.2. The second-order valence-corrected chi connectivity index (χ2v) is 15.8. The van der Waals surface area contributed by atoms with Gasteiger partial charge in [0.15, 0.2) is 5.67 Å². The third kappa shape index (κ3) is 7.34.